The van der Waals surface area contributed by atoms with Gasteiger partial charge in [-0.05, 0) is 19.1 Å². The summed E-state index contributed by atoms with van der Waals surface area (Å²) in [7, 11) is 3.39. The molecule has 4 heteroatoms. The fourth-order valence-corrected chi connectivity index (χ4v) is 1.63. The Labute approximate surface area is 110 Å². The Hall–Kier alpha value is -1.10. The minimum absolute atomic E-state index is 0.120. The van der Waals surface area contributed by atoms with Crippen LogP contribution in [-0.2, 0) is 9.47 Å². The summed E-state index contributed by atoms with van der Waals surface area (Å²) in [5.74, 6) is 0. The molecule has 0 aromatic heterocycles. The Morgan fingerprint density at radius 3 is 2.44 bits per heavy atom. The summed E-state index contributed by atoms with van der Waals surface area (Å²) in [5.41, 5.74) is 2.43. The number of aryl methyl sites for hydroxylation is 1. The van der Waals surface area contributed by atoms with Gasteiger partial charge < -0.3 is 20.1 Å². The summed E-state index contributed by atoms with van der Waals surface area (Å²) >= 11 is 0. The van der Waals surface area contributed by atoms with Crippen LogP contribution < -0.4 is 10.6 Å². The van der Waals surface area contributed by atoms with Crippen molar-refractivity contribution in [2.24, 2.45) is 0 Å². The van der Waals surface area contributed by atoms with Gasteiger partial charge in [0.25, 0.3) is 0 Å². The smallest absolute Gasteiger partial charge is 0.0928 e. The van der Waals surface area contributed by atoms with Crippen molar-refractivity contribution in [1.29, 1.82) is 0 Å². The molecule has 1 unspecified atom stereocenters. The molecule has 0 aliphatic carbocycles. The first-order valence-electron chi connectivity index (χ1n) is 6.29. The Bertz CT molecular complexity index is 314. The highest BCUT2D eigenvalue weighted by Crippen LogP contribution is 2.07. The van der Waals surface area contributed by atoms with E-state index in [1.807, 2.05) is 0 Å². The molecule has 1 atom stereocenters. The maximum atomic E-state index is 5.26. The van der Waals surface area contributed by atoms with E-state index < -0.39 is 0 Å². The van der Waals surface area contributed by atoms with E-state index >= 15 is 0 Å². The number of rotatable bonds is 9. The lowest BCUT2D eigenvalue weighted by atomic mass is 10.2. The van der Waals surface area contributed by atoms with E-state index in [2.05, 4.69) is 41.8 Å². The van der Waals surface area contributed by atoms with Crippen molar-refractivity contribution >= 4 is 5.69 Å². The molecule has 0 fully saturated rings. The fraction of sp³-hybridized carbons (Fsp3) is 0.571. The van der Waals surface area contributed by atoms with Crippen molar-refractivity contribution < 1.29 is 9.47 Å². The SMILES string of the molecule is COCC(CNCCNc1ccc(C)cc1)OC. The van der Waals surface area contributed by atoms with Crippen molar-refractivity contribution in [2.45, 2.75) is 13.0 Å². The van der Waals surface area contributed by atoms with Crippen LogP contribution in [-0.4, -0.2) is 46.6 Å². The summed E-state index contributed by atoms with van der Waals surface area (Å²) in [6.45, 7) is 5.31. The second-order valence-corrected chi connectivity index (χ2v) is 4.31. The van der Waals surface area contributed by atoms with E-state index in [-0.39, 0.29) is 6.10 Å². The molecule has 0 saturated carbocycles. The molecule has 0 heterocycles. The molecular formula is C14H24N2O2. The molecule has 0 aliphatic rings. The molecule has 0 saturated heterocycles. The highest BCUT2D eigenvalue weighted by atomic mass is 16.5. The van der Waals surface area contributed by atoms with Crippen molar-refractivity contribution in [2.75, 3.05) is 45.8 Å². The van der Waals surface area contributed by atoms with Crippen molar-refractivity contribution in [3.63, 3.8) is 0 Å². The van der Waals surface area contributed by atoms with Crippen LogP contribution in [0.15, 0.2) is 24.3 Å². The van der Waals surface area contributed by atoms with E-state index in [4.69, 9.17) is 9.47 Å². The number of methoxy groups -OCH3 is 2. The van der Waals surface area contributed by atoms with Gasteiger partial charge in [-0.3, -0.25) is 0 Å². The normalized spacial score (nSPS) is 12.4. The van der Waals surface area contributed by atoms with Crippen LogP contribution in [0, 0.1) is 6.92 Å². The Balaban J connectivity index is 2.09. The predicted molar refractivity (Wildman–Crippen MR) is 75.2 cm³/mol. The third kappa shape index (κ3) is 6.00. The van der Waals surface area contributed by atoms with Gasteiger partial charge in [-0.15, -0.1) is 0 Å². The highest BCUT2D eigenvalue weighted by molar-refractivity contribution is 5.44. The number of benzene rings is 1. The Kier molecular flexibility index (Phi) is 7.41. The Morgan fingerprint density at radius 2 is 1.83 bits per heavy atom. The topological polar surface area (TPSA) is 42.5 Å². The third-order valence-corrected chi connectivity index (χ3v) is 2.74. The van der Waals surface area contributed by atoms with Crippen molar-refractivity contribution in [3.8, 4) is 0 Å². The van der Waals surface area contributed by atoms with E-state index in [0.29, 0.717) is 6.61 Å². The first-order valence-corrected chi connectivity index (χ1v) is 6.29. The van der Waals surface area contributed by atoms with Gasteiger partial charge in [-0.25, -0.2) is 0 Å². The fourth-order valence-electron chi connectivity index (χ4n) is 1.63. The summed E-state index contributed by atoms with van der Waals surface area (Å²) in [6.07, 6.45) is 0.120. The number of hydrogen-bond acceptors (Lipinski definition) is 4. The molecule has 1 aromatic carbocycles. The van der Waals surface area contributed by atoms with Gasteiger partial charge in [-0.1, -0.05) is 17.7 Å². The highest BCUT2D eigenvalue weighted by Gasteiger charge is 2.04. The van der Waals surface area contributed by atoms with Gasteiger partial charge >= 0.3 is 0 Å². The average Bonchev–Trinajstić information content (AvgIpc) is 2.39. The van der Waals surface area contributed by atoms with E-state index in [1.165, 1.54) is 5.56 Å². The quantitative estimate of drug-likeness (QED) is 0.656. The molecule has 2 N–H and O–H groups in total. The predicted octanol–water partition coefficient (Wildman–Crippen LogP) is 1.66. The molecule has 102 valence electrons. The van der Waals surface area contributed by atoms with Gasteiger partial charge in [0.2, 0.25) is 0 Å². The molecule has 18 heavy (non-hydrogen) atoms. The molecule has 0 amide bonds. The zero-order valence-electron chi connectivity index (χ0n) is 11.5. The summed E-state index contributed by atoms with van der Waals surface area (Å²) in [6, 6.07) is 8.40. The lowest BCUT2D eigenvalue weighted by Crippen LogP contribution is -2.34. The van der Waals surface area contributed by atoms with Crippen LogP contribution in [0.2, 0.25) is 0 Å². The standard InChI is InChI=1S/C14H24N2O2/c1-12-4-6-13(7-5-12)16-9-8-15-10-14(18-3)11-17-2/h4-7,14-16H,8-11H2,1-3H3. The van der Waals surface area contributed by atoms with Crippen molar-refractivity contribution in [1.82, 2.24) is 5.32 Å². The van der Waals surface area contributed by atoms with Crippen LogP contribution in [0.5, 0.6) is 0 Å². The monoisotopic (exact) mass is 252 g/mol. The molecule has 0 radical (unpaired) electrons. The van der Waals surface area contributed by atoms with E-state index in [9.17, 15) is 0 Å². The molecular weight excluding hydrogens is 228 g/mol. The van der Waals surface area contributed by atoms with Crippen LogP contribution in [0.1, 0.15) is 5.56 Å². The van der Waals surface area contributed by atoms with Crippen molar-refractivity contribution in [3.05, 3.63) is 29.8 Å². The first-order chi connectivity index (χ1) is 8.76. The number of anilines is 1. The lowest BCUT2D eigenvalue weighted by Gasteiger charge is -2.15. The van der Waals surface area contributed by atoms with E-state index in [0.717, 1.165) is 25.3 Å². The molecule has 0 bridgehead atoms. The first kappa shape index (κ1) is 15.0. The number of hydrogen-bond donors (Lipinski definition) is 2. The van der Waals surface area contributed by atoms with Gasteiger partial charge in [-0.2, -0.15) is 0 Å². The van der Waals surface area contributed by atoms with E-state index in [1.54, 1.807) is 14.2 Å². The minimum Gasteiger partial charge on any atom is -0.384 e. The summed E-state index contributed by atoms with van der Waals surface area (Å²) in [5, 5.41) is 6.70. The van der Waals surface area contributed by atoms with Gasteiger partial charge in [0.1, 0.15) is 0 Å². The third-order valence-electron chi connectivity index (χ3n) is 2.74. The second kappa shape index (κ2) is 8.91. The maximum Gasteiger partial charge on any atom is 0.0928 e. The number of nitrogens with one attached hydrogen (secondary N) is 2. The largest absolute Gasteiger partial charge is 0.384 e. The van der Waals surface area contributed by atoms with Gasteiger partial charge in [0.15, 0.2) is 0 Å². The van der Waals surface area contributed by atoms with Crippen LogP contribution in [0.4, 0.5) is 5.69 Å². The average molecular weight is 252 g/mol. The van der Waals surface area contributed by atoms with Gasteiger partial charge in [0, 0.05) is 39.5 Å². The van der Waals surface area contributed by atoms with Crippen LogP contribution in [0.3, 0.4) is 0 Å². The summed E-state index contributed by atoms with van der Waals surface area (Å²) < 4.78 is 10.3. The van der Waals surface area contributed by atoms with Gasteiger partial charge in [0.05, 0.1) is 12.7 Å². The molecule has 0 spiro atoms. The molecule has 1 aromatic rings. The zero-order valence-corrected chi connectivity index (χ0v) is 11.5. The lowest BCUT2D eigenvalue weighted by molar-refractivity contribution is 0.0292. The molecule has 4 nitrogen and oxygen atoms in total. The maximum absolute atomic E-state index is 5.26. The van der Waals surface area contributed by atoms with Crippen LogP contribution >= 0.6 is 0 Å². The minimum atomic E-state index is 0.120. The Morgan fingerprint density at radius 1 is 1.11 bits per heavy atom. The zero-order chi connectivity index (χ0) is 13.2. The van der Waals surface area contributed by atoms with Crippen LogP contribution in [0.25, 0.3) is 0 Å². The molecule has 1 rings (SSSR count). The molecule has 0 aliphatic heterocycles. The second-order valence-electron chi connectivity index (χ2n) is 4.31. The summed E-state index contributed by atoms with van der Waals surface area (Å²) in [4.78, 5) is 0. The number of ether oxygens (including phenoxy) is 2.